The van der Waals surface area contributed by atoms with Crippen LogP contribution in [-0.4, -0.2) is 36.5 Å². The average Bonchev–Trinajstić information content (AvgIpc) is 2.68. The quantitative estimate of drug-likeness (QED) is 0.690. The Morgan fingerprint density at radius 1 is 1.11 bits per heavy atom. The summed E-state index contributed by atoms with van der Waals surface area (Å²) in [6.45, 7) is 2.29. The maximum atomic E-state index is 12.8. The van der Waals surface area contributed by atoms with Crippen LogP contribution in [0.5, 0.6) is 5.75 Å². The van der Waals surface area contributed by atoms with E-state index >= 15 is 0 Å². The molecule has 27 heavy (non-hydrogen) atoms. The van der Waals surface area contributed by atoms with Gasteiger partial charge in [0.1, 0.15) is 11.6 Å². The summed E-state index contributed by atoms with van der Waals surface area (Å²) >= 11 is 1.25. The molecule has 2 N–H and O–H groups in total. The van der Waals surface area contributed by atoms with E-state index in [-0.39, 0.29) is 28.6 Å². The fraction of sp³-hybridized carbons (Fsp3) is 0.300. The van der Waals surface area contributed by atoms with Gasteiger partial charge in [0.2, 0.25) is 11.8 Å². The molecule has 0 heterocycles. The second kappa shape index (κ2) is 10.6. The van der Waals surface area contributed by atoms with E-state index in [0.717, 1.165) is 17.7 Å². The Labute approximate surface area is 162 Å². The van der Waals surface area contributed by atoms with E-state index in [9.17, 15) is 14.0 Å². The predicted molar refractivity (Wildman–Crippen MR) is 107 cm³/mol. The molecule has 0 spiro atoms. The number of nitrogens with one attached hydrogen (secondary N) is 2. The summed E-state index contributed by atoms with van der Waals surface area (Å²) in [5.74, 6) is 0.242. The van der Waals surface area contributed by atoms with E-state index < -0.39 is 0 Å². The molecular weight excluding hydrogens is 367 g/mol. The topological polar surface area (TPSA) is 67.4 Å². The molecule has 0 fully saturated rings. The second-order valence-electron chi connectivity index (χ2n) is 5.90. The van der Waals surface area contributed by atoms with Gasteiger partial charge in [-0.25, -0.2) is 4.39 Å². The van der Waals surface area contributed by atoms with Gasteiger partial charge in [-0.2, -0.15) is 0 Å². The summed E-state index contributed by atoms with van der Waals surface area (Å²) < 4.78 is 18.0. The van der Waals surface area contributed by atoms with Crippen LogP contribution < -0.4 is 15.4 Å². The molecule has 144 valence electrons. The monoisotopic (exact) mass is 390 g/mol. The third-order valence-electron chi connectivity index (χ3n) is 3.83. The second-order valence-corrected chi connectivity index (χ2v) is 7.23. The molecule has 0 saturated heterocycles. The van der Waals surface area contributed by atoms with Gasteiger partial charge in [0.15, 0.2) is 0 Å². The summed E-state index contributed by atoms with van der Waals surface area (Å²) in [4.78, 5) is 24.0. The van der Waals surface area contributed by atoms with Crippen LogP contribution in [0.4, 0.5) is 10.1 Å². The van der Waals surface area contributed by atoms with E-state index in [4.69, 9.17) is 4.74 Å². The highest BCUT2D eigenvalue weighted by Crippen LogP contribution is 2.14. The normalized spacial score (nSPS) is 11.5. The van der Waals surface area contributed by atoms with Gasteiger partial charge >= 0.3 is 0 Å². The van der Waals surface area contributed by atoms with Crippen molar-refractivity contribution in [1.29, 1.82) is 0 Å². The van der Waals surface area contributed by atoms with Crippen LogP contribution in [0, 0.1) is 5.82 Å². The molecule has 0 aliphatic carbocycles. The molecule has 0 aliphatic rings. The van der Waals surface area contributed by atoms with Gasteiger partial charge in [-0.15, -0.1) is 11.8 Å². The number of amides is 2. The molecule has 0 radical (unpaired) electrons. The molecule has 5 nitrogen and oxygen atoms in total. The Hall–Kier alpha value is -2.54. The van der Waals surface area contributed by atoms with Gasteiger partial charge in [-0.1, -0.05) is 12.1 Å². The maximum Gasteiger partial charge on any atom is 0.234 e. The molecule has 0 unspecified atom stereocenters. The molecule has 0 bridgehead atoms. The Morgan fingerprint density at radius 2 is 1.78 bits per heavy atom. The van der Waals surface area contributed by atoms with E-state index in [0.29, 0.717) is 12.2 Å². The lowest BCUT2D eigenvalue weighted by molar-refractivity contribution is -0.120. The Balaban J connectivity index is 1.66. The molecule has 7 heteroatoms. The number of anilines is 1. The summed E-state index contributed by atoms with van der Waals surface area (Å²) in [5.41, 5.74) is 1.63. The van der Waals surface area contributed by atoms with Crippen molar-refractivity contribution >= 4 is 29.3 Å². The van der Waals surface area contributed by atoms with Gasteiger partial charge in [0.25, 0.3) is 0 Å². The van der Waals surface area contributed by atoms with Gasteiger partial charge in [0, 0.05) is 12.2 Å². The van der Waals surface area contributed by atoms with E-state index in [2.05, 4.69) is 10.6 Å². The number of hydrogen-bond acceptors (Lipinski definition) is 4. The fourth-order valence-corrected chi connectivity index (χ4v) is 2.98. The van der Waals surface area contributed by atoms with Crippen molar-refractivity contribution in [2.45, 2.75) is 18.6 Å². The van der Waals surface area contributed by atoms with E-state index in [1.165, 1.54) is 36.0 Å². The van der Waals surface area contributed by atoms with E-state index in [1.54, 1.807) is 14.0 Å². The maximum absolute atomic E-state index is 12.8. The lowest BCUT2D eigenvalue weighted by Crippen LogP contribution is -2.33. The smallest absolute Gasteiger partial charge is 0.234 e. The molecule has 2 aromatic carbocycles. The zero-order chi connectivity index (χ0) is 19.6. The number of carbonyl (C=O) groups excluding carboxylic acids is 2. The van der Waals surface area contributed by atoms with Crippen molar-refractivity contribution in [3.05, 3.63) is 59.9 Å². The number of ether oxygens (including phenoxy) is 1. The first kappa shape index (κ1) is 20.8. The zero-order valence-corrected chi connectivity index (χ0v) is 16.1. The average molecular weight is 390 g/mol. The fourth-order valence-electron chi connectivity index (χ4n) is 2.27. The number of thioether (sulfide) groups is 1. The van der Waals surface area contributed by atoms with Gasteiger partial charge in [-0.3, -0.25) is 9.59 Å². The number of hydrogen-bond donors (Lipinski definition) is 2. The van der Waals surface area contributed by atoms with Gasteiger partial charge in [-0.05, 0) is 55.3 Å². The zero-order valence-electron chi connectivity index (χ0n) is 15.3. The minimum atomic E-state index is -0.359. The molecule has 1 atom stereocenters. The van der Waals surface area contributed by atoms with Crippen molar-refractivity contribution in [3.63, 3.8) is 0 Å². The lowest BCUT2D eigenvalue weighted by atomic mass is 10.1. The largest absolute Gasteiger partial charge is 0.497 e. The summed E-state index contributed by atoms with van der Waals surface area (Å²) in [6, 6.07) is 13.2. The highest BCUT2D eigenvalue weighted by atomic mass is 32.2. The highest BCUT2D eigenvalue weighted by molar-refractivity contribution is 8.01. The predicted octanol–water partition coefficient (Wildman–Crippen LogP) is 3.25. The number of carbonyl (C=O) groups is 2. The molecule has 2 rings (SSSR count). The Bertz CT molecular complexity index is 751. The molecule has 0 aromatic heterocycles. The SMILES string of the molecule is COc1ccc(CCNC(=O)[C@H](C)SCC(=O)Nc2ccc(F)cc2)cc1. The third-order valence-corrected chi connectivity index (χ3v) is 4.98. The number of rotatable bonds is 9. The summed E-state index contributed by atoms with van der Waals surface area (Å²) in [7, 11) is 1.62. The Kier molecular flexibility index (Phi) is 8.13. The van der Waals surface area contributed by atoms with Crippen molar-refractivity contribution in [2.75, 3.05) is 24.7 Å². The Morgan fingerprint density at radius 3 is 2.41 bits per heavy atom. The van der Waals surface area contributed by atoms with Crippen LogP contribution in [0.3, 0.4) is 0 Å². The van der Waals surface area contributed by atoms with Crippen LogP contribution in [0.1, 0.15) is 12.5 Å². The standard InChI is InChI=1S/C20H23FN2O3S/c1-14(27-13-19(24)23-17-7-5-16(21)6-8-17)20(25)22-12-11-15-3-9-18(26-2)10-4-15/h3-10,14H,11-13H2,1-2H3,(H,22,25)(H,23,24)/t14-/m0/s1. The molecule has 2 aromatic rings. The molecule has 0 aliphatic heterocycles. The van der Waals surface area contributed by atoms with Gasteiger partial charge in [0.05, 0.1) is 18.1 Å². The lowest BCUT2D eigenvalue weighted by Gasteiger charge is -2.12. The van der Waals surface area contributed by atoms with Crippen molar-refractivity contribution < 1.29 is 18.7 Å². The van der Waals surface area contributed by atoms with Crippen molar-refractivity contribution in [1.82, 2.24) is 5.32 Å². The molecular formula is C20H23FN2O3S. The number of methoxy groups -OCH3 is 1. The van der Waals surface area contributed by atoms with Crippen molar-refractivity contribution in [2.24, 2.45) is 0 Å². The molecule has 0 saturated carbocycles. The van der Waals surface area contributed by atoms with Crippen molar-refractivity contribution in [3.8, 4) is 5.75 Å². The third kappa shape index (κ3) is 7.30. The van der Waals surface area contributed by atoms with Crippen LogP contribution in [0.25, 0.3) is 0 Å². The minimum Gasteiger partial charge on any atom is -0.497 e. The highest BCUT2D eigenvalue weighted by Gasteiger charge is 2.15. The minimum absolute atomic E-state index is 0.108. The molecule has 2 amide bonds. The summed E-state index contributed by atoms with van der Waals surface area (Å²) in [6.07, 6.45) is 0.720. The van der Waals surface area contributed by atoms with Gasteiger partial charge < -0.3 is 15.4 Å². The first-order valence-electron chi connectivity index (χ1n) is 8.55. The number of halogens is 1. The van der Waals surface area contributed by atoms with Crippen LogP contribution in [0.15, 0.2) is 48.5 Å². The van der Waals surface area contributed by atoms with Crippen LogP contribution >= 0.6 is 11.8 Å². The summed E-state index contributed by atoms with van der Waals surface area (Å²) in [5, 5.41) is 5.20. The first-order valence-corrected chi connectivity index (χ1v) is 9.60. The first-order chi connectivity index (χ1) is 13.0. The van der Waals surface area contributed by atoms with Crippen LogP contribution in [-0.2, 0) is 16.0 Å². The van der Waals surface area contributed by atoms with E-state index in [1.807, 2.05) is 24.3 Å². The van der Waals surface area contributed by atoms with Crippen LogP contribution in [0.2, 0.25) is 0 Å². The number of benzene rings is 2.